The summed E-state index contributed by atoms with van der Waals surface area (Å²) in [6, 6.07) is 6.08. The summed E-state index contributed by atoms with van der Waals surface area (Å²) in [7, 11) is 0. The molecule has 0 radical (unpaired) electrons. The van der Waals surface area contributed by atoms with Crippen LogP contribution in [0.4, 0.5) is 10.1 Å². The van der Waals surface area contributed by atoms with Crippen LogP contribution in [0.25, 0.3) is 0 Å². The Hall–Kier alpha value is -1.09. The Labute approximate surface area is 109 Å². The van der Waals surface area contributed by atoms with Gasteiger partial charge < -0.3 is 10.2 Å². The molecule has 1 aromatic rings. The summed E-state index contributed by atoms with van der Waals surface area (Å²) in [5, 5.41) is 3.22. The zero-order valence-electron chi connectivity index (χ0n) is 11.4. The monoisotopic (exact) mass is 250 g/mol. The lowest BCUT2D eigenvalue weighted by atomic mass is 10.0. The maximum Gasteiger partial charge on any atom is 0.146 e. The molecular weight excluding hydrogens is 227 g/mol. The van der Waals surface area contributed by atoms with Gasteiger partial charge in [0.2, 0.25) is 0 Å². The average molecular weight is 250 g/mol. The van der Waals surface area contributed by atoms with Gasteiger partial charge in [0, 0.05) is 19.1 Å². The van der Waals surface area contributed by atoms with Crippen LogP contribution in [-0.4, -0.2) is 19.1 Å². The van der Waals surface area contributed by atoms with Crippen molar-refractivity contribution in [2.75, 3.05) is 18.0 Å². The Morgan fingerprint density at radius 1 is 1.39 bits per heavy atom. The van der Waals surface area contributed by atoms with Crippen LogP contribution in [-0.2, 0) is 6.54 Å². The van der Waals surface area contributed by atoms with Crippen LogP contribution >= 0.6 is 0 Å². The molecule has 1 aliphatic heterocycles. The van der Waals surface area contributed by atoms with Gasteiger partial charge in [-0.1, -0.05) is 13.0 Å². The molecular formula is C15H23FN2. The van der Waals surface area contributed by atoms with Crippen LogP contribution in [0.1, 0.15) is 38.7 Å². The molecule has 1 heterocycles. The fraction of sp³-hybridized carbons (Fsp3) is 0.600. The van der Waals surface area contributed by atoms with E-state index in [1.807, 2.05) is 12.1 Å². The van der Waals surface area contributed by atoms with Gasteiger partial charge in [0.15, 0.2) is 0 Å². The van der Waals surface area contributed by atoms with Gasteiger partial charge in [0.25, 0.3) is 0 Å². The molecule has 2 rings (SSSR count). The molecule has 1 aromatic carbocycles. The fourth-order valence-electron chi connectivity index (χ4n) is 2.62. The van der Waals surface area contributed by atoms with Gasteiger partial charge in [0.1, 0.15) is 5.82 Å². The van der Waals surface area contributed by atoms with E-state index >= 15 is 0 Å². The molecule has 2 nitrogen and oxygen atoms in total. The number of piperidine rings is 1. The summed E-state index contributed by atoms with van der Waals surface area (Å²) >= 11 is 0. The summed E-state index contributed by atoms with van der Waals surface area (Å²) in [6.45, 7) is 6.87. The van der Waals surface area contributed by atoms with Crippen LogP contribution in [0.3, 0.4) is 0 Å². The van der Waals surface area contributed by atoms with E-state index in [9.17, 15) is 4.39 Å². The number of nitrogens with zero attached hydrogens (tertiary/aromatic N) is 1. The minimum absolute atomic E-state index is 0.0841. The maximum atomic E-state index is 14.2. The lowest BCUT2D eigenvalue weighted by molar-refractivity contribution is 0.475. The van der Waals surface area contributed by atoms with Crippen LogP contribution in [0.2, 0.25) is 0 Å². The van der Waals surface area contributed by atoms with E-state index in [-0.39, 0.29) is 5.82 Å². The largest absolute Gasteiger partial charge is 0.366 e. The van der Waals surface area contributed by atoms with Crippen molar-refractivity contribution < 1.29 is 4.39 Å². The lowest BCUT2D eigenvalue weighted by Gasteiger charge is -2.35. The number of anilines is 1. The van der Waals surface area contributed by atoms with Gasteiger partial charge in [-0.2, -0.15) is 0 Å². The molecule has 18 heavy (non-hydrogen) atoms. The highest BCUT2D eigenvalue weighted by atomic mass is 19.1. The predicted molar refractivity (Wildman–Crippen MR) is 74.4 cm³/mol. The molecule has 1 saturated heterocycles. The molecule has 1 aliphatic rings. The summed E-state index contributed by atoms with van der Waals surface area (Å²) in [5.74, 6) is -0.0841. The first-order chi connectivity index (χ1) is 8.72. The fourth-order valence-corrected chi connectivity index (χ4v) is 2.62. The molecule has 0 aliphatic carbocycles. The second-order valence-electron chi connectivity index (χ2n) is 5.10. The van der Waals surface area contributed by atoms with Crippen LogP contribution in [0.15, 0.2) is 18.2 Å². The zero-order chi connectivity index (χ0) is 13.0. The second kappa shape index (κ2) is 6.19. The summed E-state index contributed by atoms with van der Waals surface area (Å²) in [4.78, 5) is 2.20. The van der Waals surface area contributed by atoms with Crippen molar-refractivity contribution in [1.82, 2.24) is 5.32 Å². The minimum Gasteiger partial charge on any atom is -0.366 e. The van der Waals surface area contributed by atoms with Crippen molar-refractivity contribution in [1.29, 1.82) is 0 Å². The highest BCUT2D eigenvalue weighted by Crippen LogP contribution is 2.27. The number of halogens is 1. The number of nitrogens with one attached hydrogen (secondary N) is 1. The molecule has 0 spiro atoms. The van der Waals surface area contributed by atoms with E-state index in [0.717, 1.165) is 30.9 Å². The minimum atomic E-state index is -0.0841. The van der Waals surface area contributed by atoms with Gasteiger partial charge in [-0.25, -0.2) is 4.39 Å². The van der Waals surface area contributed by atoms with Gasteiger partial charge in [0.05, 0.1) is 5.69 Å². The van der Waals surface area contributed by atoms with Crippen molar-refractivity contribution in [3.05, 3.63) is 29.6 Å². The van der Waals surface area contributed by atoms with E-state index in [0.29, 0.717) is 6.04 Å². The van der Waals surface area contributed by atoms with Crippen molar-refractivity contribution in [3.8, 4) is 0 Å². The summed E-state index contributed by atoms with van der Waals surface area (Å²) in [6.07, 6.45) is 3.60. The Morgan fingerprint density at radius 2 is 2.22 bits per heavy atom. The van der Waals surface area contributed by atoms with E-state index < -0.39 is 0 Å². The van der Waals surface area contributed by atoms with Gasteiger partial charge in [-0.15, -0.1) is 0 Å². The summed E-state index contributed by atoms with van der Waals surface area (Å²) in [5.41, 5.74) is 1.78. The van der Waals surface area contributed by atoms with Gasteiger partial charge in [-0.05, 0) is 50.4 Å². The number of hydrogen-bond acceptors (Lipinski definition) is 2. The molecule has 1 N–H and O–H groups in total. The molecule has 1 atom stereocenters. The number of hydrogen-bond donors (Lipinski definition) is 1. The summed E-state index contributed by atoms with van der Waals surface area (Å²) < 4.78 is 14.2. The molecule has 0 amide bonds. The highest BCUT2D eigenvalue weighted by molar-refractivity contribution is 5.50. The highest BCUT2D eigenvalue weighted by Gasteiger charge is 2.21. The predicted octanol–water partition coefficient (Wildman–Crippen LogP) is 3.31. The Balaban J connectivity index is 2.13. The standard InChI is InChI=1S/C15H23FN2/c1-3-17-11-13-7-8-15(14(16)10-13)18-9-5-4-6-12(18)2/h7-8,10,12,17H,3-6,9,11H2,1-2H3. The third-order valence-corrected chi connectivity index (χ3v) is 3.70. The number of rotatable bonds is 4. The SMILES string of the molecule is CCNCc1ccc(N2CCCCC2C)c(F)c1. The first-order valence-corrected chi connectivity index (χ1v) is 6.98. The van der Waals surface area contributed by atoms with Gasteiger partial charge >= 0.3 is 0 Å². The molecule has 0 saturated carbocycles. The van der Waals surface area contributed by atoms with Crippen molar-refractivity contribution in [3.63, 3.8) is 0 Å². The lowest BCUT2D eigenvalue weighted by Crippen LogP contribution is -2.38. The Morgan fingerprint density at radius 3 is 2.89 bits per heavy atom. The molecule has 1 unspecified atom stereocenters. The molecule has 1 fully saturated rings. The van der Waals surface area contributed by atoms with Crippen molar-refractivity contribution in [2.45, 2.75) is 45.7 Å². The third-order valence-electron chi connectivity index (χ3n) is 3.70. The van der Waals surface area contributed by atoms with Crippen LogP contribution in [0.5, 0.6) is 0 Å². The molecule has 3 heteroatoms. The van der Waals surface area contributed by atoms with Gasteiger partial charge in [-0.3, -0.25) is 0 Å². The number of benzene rings is 1. The quantitative estimate of drug-likeness (QED) is 0.882. The average Bonchev–Trinajstić information content (AvgIpc) is 2.38. The topological polar surface area (TPSA) is 15.3 Å². The smallest absolute Gasteiger partial charge is 0.146 e. The Bertz CT molecular complexity index is 392. The van der Waals surface area contributed by atoms with Crippen molar-refractivity contribution in [2.24, 2.45) is 0 Å². The Kier molecular flexibility index (Phi) is 4.59. The normalized spacial score (nSPS) is 20.2. The van der Waals surface area contributed by atoms with Crippen LogP contribution < -0.4 is 10.2 Å². The second-order valence-corrected chi connectivity index (χ2v) is 5.10. The van der Waals surface area contributed by atoms with E-state index in [2.05, 4.69) is 24.1 Å². The maximum absolute atomic E-state index is 14.2. The van der Waals surface area contributed by atoms with E-state index in [4.69, 9.17) is 0 Å². The third kappa shape index (κ3) is 3.02. The van der Waals surface area contributed by atoms with Crippen molar-refractivity contribution >= 4 is 5.69 Å². The van der Waals surface area contributed by atoms with E-state index in [1.165, 1.54) is 19.3 Å². The molecule has 0 bridgehead atoms. The van der Waals surface area contributed by atoms with E-state index in [1.54, 1.807) is 6.07 Å². The first kappa shape index (κ1) is 13.3. The molecule has 0 aromatic heterocycles. The first-order valence-electron chi connectivity index (χ1n) is 6.98. The zero-order valence-corrected chi connectivity index (χ0v) is 11.4. The molecule has 100 valence electrons. The van der Waals surface area contributed by atoms with Crippen LogP contribution in [0, 0.1) is 5.82 Å².